The van der Waals surface area contributed by atoms with Gasteiger partial charge in [0.15, 0.2) is 10.6 Å². The van der Waals surface area contributed by atoms with Crippen LogP contribution in [0.15, 0.2) is 74.0 Å². The van der Waals surface area contributed by atoms with Crippen molar-refractivity contribution in [3.05, 3.63) is 101 Å². The molecule has 2 aromatic carbocycles. The summed E-state index contributed by atoms with van der Waals surface area (Å²) in [7, 11) is 3.06. The number of carbonyl (C=O) groups excluding carboxylic acids is 1. The van der Waals surface area contributed by atoms with Gasteiger partial charge in [0.25, 0.3) is 5.56 Å². The summed E-state index contributed by atoms with van der Waals surface area (Å²) in [5.41, 5.74) is 1.65. The lowest BCUT2D eigenvalue weighted by atomic mass is 9.92. The van der Waals surface area contributed by atoms with Gasteiger partial charge in [-0.05, 0) is 56.3 Å². The second-order valence-electron chi connectivity index (χ2n) is 8.95. The van der Waals surface area contributed by atoms with Gasteiger partial charge in [-0.1, -0.05) is 22.9 Å². The summed E-state index contributed by atoms with van der Waals surface area (Å²) in [6.45, 7) is 3.19. The number of hydrogen-bond acceptors (Lipinski definition) is 8. The van der Waals surface area contributed by atoms with Crippen molar-refractivity contribution < 1.29 is 28.6 Å². The maximum absolute atomic E-state index is 13.8. The number of benzene rings is 2. The van der Waals surface area contributed by atoms with Crippen LogP contribution in [-0.2, 0) is 4.79 Å². The number of aromatic carboxylic acids is 1. The van der Waals surface area contributed by atoms with Crippen molar-refractivity contribution in [2.24, 2.45) is 4.99 Å². The van der Waals surface area contributed by atoms with Gasteiger partial charge in [-0.2, -0.15) is 0 Å². The van der Waals surface area contributed by atoms with Gasteiger partial charge in [0.2, 0.25) is 0 Å². The Morgan fingerprint density at radius 1 is 1.12 bits per heavy atom. The van der Waals surface area contributed by atoms with E-state index in [4.69, 9.17) is 25.5 Å². The predicted molar refractivity (Wildman–Crippen MR) is 150 cm³/mol. The van der Waals surface area contributed by atoms with Crippen molar-refractivity contribution in [2.45, 2.75) is 19.9 Å². The number of carbonyl (C=O) groups is 2. The third-order valence-electron chi connectivity index (χ3n) is 6.52. The second kappa shape index (κ2) is 10.6. The molecule has 204 valence electrons. The molecular formula is C29H23ClN2O7S. The molecule has 0 radical (unpaired) electrons. The molecule has 1 atom stereocenters. The van der Waals surface area contributed by atoms with Crippen LogP contribution >= 0.6 is 22.9 Å². The summed E-state index contributed by atoms with van der Waals surface area (Å²) >= 11 is 7.16. The number of allylic oxidation sites excluding steroid dienone is 2. The third kappa shape index (κ3) is 4.76. The van der Waals surface area contributed by atoms with Gasteiger partial charge in [-0.15, -0.1) is 0 Å². The Morgan fingerprint density at radius 3 is 2.58 bits per heavy atom. The molecule has 11 heteroatoms. The highest BCUT2D eigenvalue weighted by Gasteiger charge is 2.32. The van der Waals surface area contributed by atoms with Crippen LogP contribution in [0.25, 0.3) is 17.4 Å². The maximum Gasteiger partial charge on any atom is 0.337 e. The Morgan fingerprint density at radius 2 is 1.90 bits per heavy atom. The van der Waals surface area contributed by atoms with Gasteiger partial charge in [-0.25, -0.2) is 9.79 Å². The van der Waals surface area contributed by atoms with Crippen LogP contribution in [-0.4, -0.2) is 35.6 Å². The first-order chi connectivity index (χ1) is 19.1. The lowest BCUT2D eigenvalue weighted by Crippen LogP contribution is -2.39. The summed E-state index contributed by atoms with van der Waals surface area (Å²) in [4.78, 5) is 43.1. The molecule has 0 saturated heterocycles. The van der Waals surface area contributed by atoms with E-state index in [0.717, 1.165) is 0 Å². The van der Waals surface area contributed by atoms with Crippen LogP contribution in [0, 0.1) is 0 Å². The monoisotopic (exact) mass is 578 g/mol. The van der Waals surface area contributed by atoms with E-state index in [2.05, 4.69) is 4.99 Å². The van der Waals surface area contributed by atoms with Crippen molar-refractivity contribution >= 4 is 40.8 Å². The quantitative estimate of drug-likeness (QED) is 0.344. The standard InChI is InChI=1S/C29H23ClN2O7S/c1-14-25(15(2)33)26(19-8-6-17(37-3)12-23(19)38-4)32-27(34)24(40-29(32)31-14)13-18-7-10-22(39-18)16-5-9-21(30)20(11-16)28(35)36/h5-13,26H,1-4H3,(H,35,36)/b24-13-/t26-/m0/s1. The lowest BCUT2D eigenvalue weighted by molar-refractivity contribution is -0.114. The number of ketones is 1. The molecule has 1 N–H and O–H groups in total. The highest BCUT2D eigenvalue weighted by Crippen LogP contribution is 2.37. The van der Waals surface area contributed by atoms with E-state index in [1.807, 2.05) is 0 Å². The number of furan rings is 1. The first-order valence-electron chi connectivity index (χ1n) is 12.0. The smallest absolute Gasteiger partial charge is 0.337 e. The molecule has 4 aromatic rings. The minimum atomic E-state index is -1.15. The summed E-state index contributed by atoms with van der Waals surface area (Å²) < 4.78 is 18.7. The minimum Gasteiger partial charge on any atom is -0.497 e. The van der Waals surface area contributed by atoms with Gasteiger partial charge in [0, 0.05) is 34.5 Å². The molecule has 0 fully saturated rings. The second-order valence-corrected chi connectivity index (χ2v) is 10.4. The topological polar surface area (TPSA) is 120 Å². The number of ether oxygens (including phenoxy) is 2. The number of methoxy groups -OCH3 is 2. The van der Waals surface area contributed by atoms with Crippen molar-refractivity contribution in [1.29, 1.82) is 0 Å². The average Bonchev–Trinajstić information content (AvgIpc) is 3.51. The first-order valence-corrected chi connectivity index (χ1v) is 13.2. The van der Waals surface area contributed by atoms with E-state index < -0.39 is 12.0 Å². The summed E-state index contributed by atoms with van der Waals surface area (Å²) in [6.07, 6.45) is 1.59. The molecule has 0 bridgehead atoms. The Balaban J connectivity index is 1.64. The maximum atomic E-state index is 13.8. The Hall–Kier alpha value is -4.41. The largest absolute Gasteiger partial charge is 0.497 e. The van der Waals surface area contributed by atoms with Crippen molar-refractivity contribution in [1.82, 2.24) is 4.57 Å². The van der Waals surface area contributed by atoms with Crippen LogP contribution in [0.2, 0.25) is 5.02 Å². The molecule has 0 saturated carbocycles. The molecule has 2 aromatic heterocycles. The zero-order chi connectivity index (χ0) is 28.7. The van der Waals surface area contributed by atoms with E-state index in [1.54, 1.807) is 56.5 Å². The summed E-state index contributed by atoms with van der Waals surface area (Å²) in [5, 5.41) is 9.50. The fourth-order valence-electron chi connectivity index (χ4n) is 4.67. The van der Waals surface area contributed by atoms with Gasteiger partial charge in [-0.3, -0.25) is 14.2 Å². The number of nitrogens with zero attached hydrogens (tertiary/aromatic N) is 2. The fourth-order valence-corrected chi connectivity index (χ4v) is 5.89. The highest BCUT2D eigenvalue weighted by atomic mass is 35.5. The molecule has 0 amide bonds. The molecule has 0 aliphatic carbocycles. The summed E-state index contributed by atoms with van der Waals surface area (Å²) in [5.74, 6) is 0.470. The molecule has 0 spiro atoms. The molecule has 3 heterocycles. The number of fused-ring (bicyclic) bond motifs is 1. The van der Waals surface area contributed by atoms with Gasteiger partial charge in [0.05, 0.1) is 35.4 Å². The van der Waals surface area contributed by atoms with Crippen LogP contribution in [0.1, 0.15) is 41.6 Å². The van der Waals surface area contributed by atoms with Gasteiger partial charge >= 0.3 is 5.97 Å². The SMILES string of the molecule is COc1ccc([C@H]2C(C(C)=O)=C(C)N=c3s/c(=C\c4ccc(-c5ccc(Cl)c(C(=O)O)c5)o4)c(=O)n32)c(OC)c1. The third-order valence-corrected chi connectivity index (χ3v) is 7.83. The fraction of sp³-hybridized carbons (Fsp3) is 0.172. The average molecular weight is 579 g/mol. The molecule has 1 aliphatic rings. The minimum absolute atomic E-state index is 0.0453. The van der Waals surface area contributed by atoms with Crippen LogP contribution in [0.3, 0.4) is 0 Å². The number of thiazole rings is 1. The van der Waals surface area contributed by atoms with Crippen molar-refractivity contribution in [2.75, 3.05) is 14.2 Å². The van der Waals surface area contributed by atoms with Crippen LogP contribution in [0.4, 0.5) is 0 Å². The van der Waals surface area contributed by atoms with E-state index in [9.17, 15) is 19.5 Å². The lowest BCUT2D eigenvalue weighted by Gasteiger charge is -2.26. The van der Waals surface area contributed by atoms with Crippen molar-refractivity contribution in [3.8, 4) is 22.8 Å². The Bertz CT molecular complexity index is 1900. The normalized spacial score (nSPS) is 15.0. The van der Waals surface area contributed by atoms with Crippen molar-refractivity contribution in [3.63, 3.8) is 0 Å². The number of carboxylic acid groups (broad SMARTS) is 1. The molecule has 0 unspecified atom stereocenters. The predicted octanol–water partition coefficient (Wildman–Crippen LogP) is 4.45. The molecule has 1 aliphatic heterocycles. The van der Waals surface area contributed by atoms with Gasteiger partial charge < -0.3 is 19.0 Å². The number of carboxylic acids is 1. The molecule has 9 nitrogen and oxygen atoms in total. The van der Waals surface area contributed by atoms with E-state index >= 15 is 0 Å². The highest BCUT2D eigenvalue weighted by molar-refractivity contribution is 7.07. The first kappa shape index (κ1) is 27.2. The Kier molecular flexibility index (Phi) is 7.22. The van der Waals surface area contributed by atoms with Gasteiger partial charge in [0.1, 0.15) is 23.0 Å². The van der Waals surface area contributed by atoms with Crippen LogP contribution < -0.4 is 24.4 Å². The molecule has 40 heavy (non-hydrogen) atoms. The Labute approximate surface area is 236 Å². The zero-order valence-electron chi connectivity index (χ0n) is 21.9. The number of Topliss-reactive ketones (excluding diaryl/α,β-unsaturated/α-hetero) is 1. The number of aromatic nitrogens is 1. The number of rotatable bonds is 7. The van der Waals surface area contributed by atoms with E-state index in [1.165, 1.54) is 42.1 Å². The van der Waals surface area contributed by atoms with E-state index in [-0.39, 0.29) is 21.9 Å². The van der Waals surface area contributed by atoms with Crippen LogP contribution in [0.5, 0.6) is 11.5 Å². The zero-order valence-corrected chi connectivity index (χ0v) is 23.4. The number of halogens is 1. The molecular weight excluding hydrogens is 556 g/mol. The molecule has 5 rings (SSSR count). The summed E-state index contributed by atoms with van der Waals surface area (Å²) in [6, 6.07) is 12.4. The number of hydrogen-bond donors (Lipinski definition) is 1. The van der Waals surface area contributed by atoms with E-state index in [0.29, 0.717) is 54.8 Å².